The third-order valence-electron chi connectivity index (χ3n) is 5.74. The van der Waals surface area contributed by atoms with E-state index in [2.05, 4.69) is 32.9 Å². The van der Waals surface area contributed by atoms with Gasteiger partial charge in [0.15, 0.2) is 0 Å². The van der Waals surface area contributed by atoms with Crippen LogP contribution in [0.25, 0.3) is 11.1 Å². The summed E-state index contributed by atoms with van der Waals surface area (Å²) in [4.78, 5) is 12.9. The highest BCUT2D eigenvalue weighted by Gasteiger charge is 2.41. The highest BCUT2D eigenvalue weighted by atomic mass is 16.3. The molecule has 1 saturated carbocycles. The normalized spacial score (nSPS) is 25.2. The van der Waals surface area contributed by atoms with E-state index in [9.17, 15) is 9.90 Å². The monoisotopic (exact) mass is 336 g/mol. The van der Waals surface area contributed by atoms with Crippen LogP contribution in [-0.4, -0.2) is 10.9 Å². The van der Waals surface area contributed by atoms with Crippen LogP contribution in [0.2, 0.25) is 0 Å². The third kappa shape index (κ3) is 3.69. The number of benzene rings is 2. The Morgan fingerprint density at radius 3 is 2.12 bits per heavy atom. The van der Waals surface area contributed by atoms with Crippen molar-refractivity contribution in [2.75, 3.05) is 0 Å². The number of carbonyl (C=O) groups is 1. The van der Waals surface area contributed by atoms with Gasteiger partial charge in [-0.25, -0.2) is 0 Å². The van der Waals surface area contributed by atoms with E-state index in [1.54, 1.807) is 0 Å². The fourth-order valence-electron chi connectivity index (χ4n) is 4.13. The van der Waals surface area contributed by atoms with Crippen LogP contribution in [0.15, 0.2) is 54.6 Å². The first-order valence-corrected chi connectivity index (χ1v) is 9.36. The van der Waals surface area contributed by atoms with Crippen molar-refractivity contribution in [3.05, 3.63) is 60.2 Å². The lowest BCUT2D eigenvalue weighted by atomic mass is 9.67. The summed E-state index contributed by atoms with van der Waals surface area (Å²) in [5.41, 5.74) is 3.12. The third-order valence-corrected chi connectivity index (χ3v) is 5.74. The lowest BCUT2D eigenvalue weighted by Gasteiger charge is -2.37. The minimum absolute atomic E-state index is 0.0828. The van der Waals surface area contributed by atoms with Crippen molar-refractivity contribution in [1.29, 1.82) is 0 Å². The second kappa shape index (κ2) is 7.53. The van der Waals surface area contributed by atoms with Gasteiger partial charge >= 0.3 is 0 Å². The standard InChI is InChI=1S/C23H28O2/c1-15(2)20-14-9-16(3)21(23(20)25)22(24)19-12-10-18(11-13-19)17-7-5-4-6-8-17/h4-8,10-13,15-16,20-22,24H,9,14H2,1-3H3/t16-,20-,21-,22+/m0/s1. The Morgan fingerprint density at radius 2 is 1.52 bits per heavy atom. The molecule has 1 aliphatic rings. The molecule has 1 aliphatic carbocycles. The van der Waals surface area contributed by atoms with Crippen LogP contribution in [0, 0.1) is 23.7 Å². The lowest BCUT2D eigenvalue weighted by molar-refractivity contribution is -0.138. The van der Waals surface area contributed by atoms with E-state index in [1.807, 2.05) is 42.5 Å². The van der Waals surface area contributed by atoms with E-state index < -0.39 is 6.10 Å². The summed E-state index contributed by atoms with van der Waals surface area (Å²) < 4.78 is 0. The van der Waals surface area contributed by atoms with Crippen molar-refractivity contribution >= 4 is 5.78 Å². The molecule has 25 heavy (non-hydrogen) atoms. The zero-order valence-electron chi connectivity index (χ0n) is 15.4. The maximum Gasteiger partial charge on any atom is 0.142 e. The van der Waals surface area contributed by atoms with Gasteiger partial charge in [-0.3, -0.25) is 4.79 Å². The van der Waals surface area contributed by atoms with Gasteiger partial charge in [-0.15, -0.1) is 0 Å². The number of rotatable bonds is 4. The smallest absolute Gasteiger partial charge is 0.142 e. The average Bonchev–Trinajstić information content (AvgIpc) is 2.62. The molecule has 3 rings (SSSR count). The molecule has 2 nitrogen and oxygen atoms in total. The Hall–Kier alpha value is -1.93. The zero-order valence-corrected chi connectivity index (χ0v) is 15.4. The van der Waals surface area contributed by atoms with Crippen LogP contribution in [0.1, 0.15) is 45.3 Å². The molecule has 0 saturated heterocycles. The molecule has 1 fully saturated rings. The molecule has 1 N–H and O–H groups in total. The van der Waals surface area contributed by atoms with Crippen molar-refractivity contribution in [2.24, 2.45) is 23.7 Å². The fourth-order valence-corrected chi connectivity index (χ4v) is 4.13. The topological polar surface area (TPSA) is 37.3 Å². The summed E-state index contributed by atoms with van der Waals surface area (Å²) in [5, 5.41) is 10.9. The number of carbonyl (C=O) groups excluding carboxylic acids is 1. The summed E-state index contributed by atoms with van der Waals surface area (Å²) in [7, 11) is 0. The Balaban J connectivity index is 1.82. The molecule has 0 spiro atoms. The molecular weight excluding hydrogens is 308 g/mol. The second-order valence-electron chi connectivity index (χ2n) is 7.77. The minimum Gasteiger partial charge on any atom is -0.388 e. The van der Waals surface area contributed by atoms with Gasteiger partial charge in [0.25, 0.3) is 0 Å². The van der Waals surface area contributed by atoms with Gasteiger partial charge in [0.2, 0.25) is 0 Å². The molecule has 2 heteroatoms. The Kier molecular flexibility index (Phi) is 5.39. The van der Waals surface area contributed by atoms with Crippen LogP contribution < -0.4 is 0 Å². The van der Waals surface area contributed by atoms with Gasteiger partial charge in [-0.1, -0.05) is 75.4 Å². The Bertz CT molecular complexity index is 703. The van der Waals surface area contributed by atoms with Gasteiger partial charge in [-0.05, 0) is 41.4 Å². The predicted molar refractivity (Wildman–Crippen MR) is 102 cm³/mol. The molecule has 0 aliphatic heterocycles. The zero-order chi connectivity index (χ0) is 18.0. The van der Waals surface area contributed by atoms with Crippen LogP contribution in [0.3, 0.4) is 0 Å². The highest BCUT2D eigenvalue weighted by molar-refractivity contribution is 5.85. The number of hydrogen-bond donors (Lipinski definition) is 1. The molecule has 2 aromatic carbocycles. The molecule has 0 bridgehead atoms. The number of aliphatic hydroxyl groups is 1. The van der Waals surface area contributed by atoms with Crippen molar-refractivity contribution in [3.8, 4) is 11.1 Å². The minimum atomic E-state index is -0.714. The first-order valence-electron chi connectivity index (χ1n) is 9.36. The maximum atomic E-state index is 12.9. The predicted octanol–water partition coefficient (Wildman–Crippen LogP) is 5.27. The number of aliphatic hydroxyl groups excluding tert-OH is 1. The van der Waals surface area contributed by atoms with Crippen LogP contribution >= 0.6 is 0 Å². The molecular formula is C23H28O2. The Labute approximate surface area is 150 Å². The number of Topliss-reactive ketones (excluding diaryl/α,β-unsaturated/α-hetero) is 1. The first-order chi connectivity index (χ1) is 12.0. The average molecular weight is 336 g/mol. The number of ketones is 1. The summed E-state index contributed by atoms with van der Waals surface area (Å²) in [5.74, 6) is 0.609. The largest absolute Gasteiger partial charge is 0.388 e. The lowest BCUT2D eigenvalue weighted by Crippen LogP contribution is -2.39. The SMILES string of the molecule is CC(C)[C@@H]1CC[C@H](C)[C@@H]([C@H](O)c2ccc(-c3ccccc3)cc2)C1=O. The first kappa shape index (κ1) is 17.9. The van der Waals surface area contributed by atoms with Gasteiger partial charge in [0.1, 0.15) is 5.78 Å². The van der Waals surface area contributed by atoms with E-state index in [-0.39, 0.29) is 23.5 Å². The summed E-state index contributed by atoms with van der Waals surface area (Å²) in [6.07, 6.45) is 1.25. The summed E-state index contributed by atoms with van der Waals surface area (Å²) in [6, 6.07) is 18.2. The second-order valence-corrected chi connectivity index (χ2v) is 7.77. The van der Waals surface area contributed by atoms with Gasteiger partial charge in [0.05, 0.1) is 12.0 Å². The van der Waals surface area contributed by atoms with Crippen molar-refractivity contribution in [2.45, 2.75) is 39.7 Å². The van der Waals surface area contributed by atoms with E-state index >= 15 is 0 Å². The molecule has 2 aromatic rings. The van der Waals surface area contributed by atoms with Gasteiger partial charge < -0.3 is 5.11 Å². The highest BCUT2D eigenvalue weighted by Crippen LogP contribution is 2.41. The molecule has 4 atom stereocenters. The molecule has 0 amide bonds. The van der Waals surface area contributed by atoms with Crippen LogP contribution in [0.5, 0.6) is 0 Å². The molecule has 132 valence electrons. The molecule has 0 unspecified atom stereocenters. The molecule has 0 aromatic heterocycles. The quantitative estimate of drug-likeness (QED) is 0.825. The van der Waals surface area contributed by atoms with E-state index in [4.69, 9.17) is 0 Å². The van der Waals surface area contributed by atoms with Crippen molar-refractivity contribution in [3.63, 3.8) is 0 Å². The molecule has 0 heterocycles. The van der Waals surface area contributed by atoms with Crippen molar-refractivity contribution in [1.82, 2.24) is 0 Å². The fraction of sp³-hybridized carbons (Fsp3) is 0.435. The molecule has 0 radical (unpaired) electrons. The Morgan fingerprint density at radius 1 is 0.920 bits per heavy atom. The van der Waals surface area contributed by atoms with E-state index in [1.165, 1.54) is 0 Å². The van der Waals surface area contributed by atoms with E-state index in [0.29, 0.717) is 5.92 Å². The van der Waals surface area contributed by atoms with Crippen LogP contribution in [0.4, 0.5) is 0 Å². The van der Waals surface area contributed by atoms with Crippen LogP contribution in [-0.2, 0) is 4.79 Å². The summed E-state index contributed by atoms with van der Waals surface area (Å²) in [6.45, 7) is 6.31. The number of hydrogen-bond acceptors (Lipinski definition) is 2. The van der Waals surface area contributed by atoms with E-state index in [0.717, 1.165) is 29.5 Å². The maximum absolute atomic E-state index is 12.9. The summed E-state index contributed by atoms with van der Waals surface area (Å²) >= 11 is 0. The van der Waals surface area contributed by atoms with Gasteiger partial charge in [-0.2, -0.15) is 0 Å². The van der Waals surface area contributed by atoms with Gasteiger partial charge in [0, 0.05) is 5.92 Å². The van der Waals surface area contributed by atoms with Crippen molar-refractivity contribution < 1.29 is 9.90 Å².